The first-order valence-electron chi connectivity index (χ1n) is 23.8. The van der Waals surface area contributed by atoms with Crippen LogP contribution in [0.4, 0.5) is 32.9 Å². The van der Waals surface area contributed by atoms with Crippen molar-refractivity contribution in [2.75, 3.05) is 50.4 Å². The Morgan fingerprint density at radius 3 is 2.04 bits per heavy atom. The molecule has 5 aromatic carbocycles. The molecule has 0 radical (unpaired) electrons. The van der Waals surface area contributed by atoms with Crippen LogP contribution in [0.15, 0.2) is 109 Å². The predicted molar refractivity (Wildman–Crippen MR) is 258 cm³/mol. The molecule has 1 unspecified atom stereocenters. The van der Waals surface area contributed by atoms with Crippen LogP contribution >= 0.6 is 11.3 Å². The second-order valence-corrected chi connectivity index (χ2v) is 19.9. The van der Waals surface area contributed by atoms with Crippen LogP contribution < -0.4 is 15.8 Å². The lowest BCUT2D eigenvalue weighted by Crippen LogP contribution is -2.64. The second-order valence-electron chi connectivity index (χ2n) is 18.8. The number of nitrogens with two attached hydrogens (primary N) is 1. The van der Waals surface area contributed by atoms with Crippen LogP contribution in [0.2, 0.25) is 0 Å². The Bertz CT molecular complexity index is 2920. The van der Waals surface area contributed by atoms with Crippen molar-refractivity contribution in [2.24, 2.45) is 0 Å². The fraction of sp³-hybridized carbons (Fsp3) is 0.358. The normalized spacial score (nSPS) is 19.1. The Labute approximate surface area is 400 Å². The molecule has 356 valence electrons. The summed E-state index contributed by atoms with van der Waals surface area (Å²) in [5.74, 6) is -2.12. The van der Waals surface area contributed by atoms with Gasteiger partial charge in [-0.3, -0.25) is 14.6 Å². The van der Waals surface area contributed by atoms with Gasteiger partial charge in [-0.25, -0.2) is 13.8 Å². The first-order valence-corrected chi connectivity index (χ1v) is 24.6. The summed E-state index contributed by atoms with van der Waals surface area (Å²) < 4.78 is 84.3. The Hall–Kier alpha value is -6.23. The molecule has 4 saturated heterocycles. The number of alkyl halides is 3. The first-order chi connectivity index (χ1) is 33.4. The summed E-state index contributed by atoms with van der Waals surface area (Å²) in [7, 11) is 0. The molecule has 1 amide bonds. The summed E-state index contributed by atoms with van der Waals surface area (Å²) in [5.41, 5.74) is 4.98. The van der Waals surface area contributed by atoms with Crippen molar-refractivity contribution in [2.45, 2.75) is 80.7 Å². The minimum Gasteiger partial charge on any atom is -0.461 e. The highest BCUT2D eigenvalue weighted by atomic mass is 32.1. The monoisotopic (exact) mass is 958 g/mol. The molecule has 0 bridgehead atoms. The van der Waals surface area contributed by atoms with Gasteiger partial charge in [0.25, 0.3) is 0 Å². The summed E-state index contributed by atoms with van der Waals surface area (Å²) >= 11 is 0.764. The molecule has 2 aromatic heterocycles. The number of thiazole rings is 1. The number of hydrogen-bond acceptors (Lipinski definition) is 10. The Balaban J connectivity index is 0.955. The summed E-state index contributed by atoms with van der Waals surface area (Å²) in [5, 5.41) is 3.00. The van der Waals surface area contributed by atoms with Crippen LogP contribution in [0.25, 0.3) is 32.2 Å². The molecule has 1 atom stereocenters. The smallest absolute Gasteiger partial charge is 0.417 e. The van der Waals surface area contributed by atoms with E-state index >= 15 is 22.4 Å². The van der Waals surface area contributed by atoms with E-state index in [4.69, 9.17) is 10.5 Å². The molecule has 11 rings (SSSR count). The zero-order valence-electron chi connectivity index (χ0n) is 37.8. The largest absolute Gasteiger partial charge is 0.461 e. The number of nitrogens with one attached hydrogen (secondary N) is 1. The number of carbonyl (C=O) groups is 1. The highest BCUT2D eigenvalue weighted by molar-refractivity contribution is 7.22. The predicted octanol–water partition coefficient (Wildman–Crippen LogP) is 10.7. The quantitative estimate of drug-likeness (QED) is 0.0967. The molecular weight excluding hydrogens is 908 g/mol. The van der Waals surface area contributed by atoms with Crippen LogP contribution in [-0.4, -0.2) is 92.5 Å². The number of ether oxygens (including phenoxy) is 1. The minimum absolute atomic E-state index is 0.0426. The fourth-order valence-corrected chi connectivity index (χ4v) is 12.4. The van der Waals surface area contributed by atoms with Crippen LogP contribution in [0.3, 0.4) is 0 Å². The van der Waals surface area contributed by atoms with Crippen LogP contribution in [0.5, 0.6) is 6.01 Å². The lowest BCUT2D eigenvalue weighted by molar-refractivity contribution is -0.143. The number of nitrogen functional groups attached to an aromatic ring is 1. The molecule has 0 saturated carbocycles. The van der Waals surface area contributed by atoms with Crippen molar-refractivity contribution in [3.63, 3.8) is 0 Å². The summed E-state index contributed by atoms with van der Waals surface area (Å²) in [6.45, 7) is 3.20. The lowest BCUT2D eigenvalue weighted by atomic mass is 9.74. The maximum atomic E-state index is 17.3. The number of likely N-dealkylation sites (tertiary alicyclic amines) is 2. The first kappa shape index (κ1) is 45.2. The topological polar surface area (TPSA) is 113 Å². The summed E-state index contributed by atoms with van der Waals surface area (Å²) in [6, 6.07) is 32.7. The van der Waals surface area contributed by atoms with Crippen LogP contribution in [0.1, 0.15) is 73.6 Å². The number of aromatic nitrogens is 3. The SMILES string of the molecule is Nc1nc2c(-c3c(C(F)(F)F)cc4c(NC5CN(C(=O)C6CCCCCN6C(c6ccccc6)(c6ccccc6)c6ccccc6)C5)nc(OCC56CCCN5CCC6)nc4c3F)ccc(F)c2s1. The van der Waals surface area contributed by atoms with Gasteiger partial charge in [0.1, 0.15) is 23.8 Å². The molecule has 4 fully saturated rings. The molecule has 69 heavy (non-hydrogen) atoms. The van der Waals surface area contributed by atoms with E-state index in [1.54, 1.807) is 4.90 Å². The zero-order chi connectivity index (χ0) is 47.5. The molecule has 4 aliphatic rings. The Morgan fingerprint density at radius 1 is 0.783 bits per heavy atom. The van der Waals surface area contributed by atoms with E-state index in [9.17, 15) is 4.39 Å². The van der Waals surface area contributed by atoms with Gasteiger partial charge in [-0.05, 0) is 86.5 Å². The number of hydrogen-bond donors (Lipinski definition) is 2. The van der Waals surface area contributed by atoms with Gasteiger partial charge in [0.05, 0.1) is 38.9 Å². The average molecular weight is 959 g/mol. The van der Waals surface area contributed by atoms with E-state index in [1.165, 1.54) is 0 Å². The van der Waals surface area contributed by atoms with Gasteiger partial charge in [0.15, 0.2) is 10.9 Å². The molecule has 0 spiro atoms. The highest BCUT2D eigenvalue weighted by Crippen LogP contribution is 2.48. The molecule has 4 aliphatic heterocycles. The molecule has 10 nitrogen and oxygen atoms in total. The third-order valence-corrected chi connectivity index (χ3v) is 15.7. The van der Waals surface area contributed by atoms with Crippen LogP contribution in [-0.2, 0) is 16.5 Å². The number of halogens is 5. The van der Waals surface area contributed by atoms with E-state index in [0.29, 0.717) is 13.0 Å². The number of nitrogens with zero attached hydrogens (tertiary/aromatic N) is 6. The number of amides is 1. The summed E-state index contributed by atoms with van der Waals surface area (Å²) in [4.78, 5) is 35.0. The zero-order valence-corrected chi connectivity index (χ0v) is 38.6. The van der Waals surface area contributed by atoms with E-state index in [-0.39, 0.29) is 69.3 Å². The van der Waals surface area contributed by atoms with Crippen molar-refractivity contribution >= 4 is 49.3 Å². The van der Waals surface area contributed by atoms with Crippen molar-refractivity contribution < 1.29 is 31.5 Å². The lowest BCUT2D eigenvalue weighted by Gasteiger charge is -2.50. The number of anilines is 2. The van der Waals surface area contributed by atoms with Gasteiger partial charge in [0, 0.05) is 36.1 Å². The molecule has 0 aliphatic carbocycles. The number of rotatable bonds is 11. The Kier molecular flexibility index (Phi) is 11.8. The fourth-order valence-electron chi connectivity index (χ4n) is 11.7. The van der Waals surface area contributed by atoms with Crippen molar-refractivity contribution in [1.82, 2.24) is 29.7 Å². The minimum atomic E-state index is -5.06. The van der Waals surface area contributed by atoms with Gasteiger partial charge in [-0.15, -0.1) is 0 Å². The number of fused-ring (bicyclic) bond motifs is 3. The third kappa shape index (κ3) is 7.93. The maximum Gasteiger partial charge on any atom is 0.417 e. The molecule has 7 aromatic rings. The van der Waals surface area contributed by atoms with Gasteiger partial charge >= 0.3 is 12.2 Å². The van der Waals surface area contributed by atoms with Crippen molar-refractivity contribution in [3.8, 4) is 17.1 Å². The van der Waals surface area contributed by atoms with E-state index in [2.05, 4.69) is 66.5 Å². The highest BCUT2D eigenvalue weighted by Gasteiger charge is 2.50. The van der Waals surface area contributed by atoms with E-state index in [0.717, 1.165) is 104 Å². The Morgan fingerprint density at radius 2 is 1.42 bits per heavy atom. The van der Waals surface area contributed by atoms with Crippen LogP contribution in [0, 0.1) is 11.6 Å². The van der Waals surface area contributed by atoms with Crippen molar-refractivity contribution in [3.05, 3.63) is 143 Å². The third-order valence-electron chi connectivity index (χ3n) is 14.9. The number of carbonyl (C=O) groups excluding carboxylic acids is 1. The average Bonchev–Trinajstić information content (AvgIpc) is 4.00. The van der Waals surface area contributed by atoms with Gasteiger partial charge in [-0.2, -0.15) is 23.1 Å². The van der Waals surface area contributed by atoms with E-state index < -0.39 is 52.1 Å². The standard InChI is InChI=1S/C53H51F5N8O2S/c54-40-23-22-37(45-46(40)69-49(59)61-45)42-39(53(56,57)58)29-38-44(43(42)55)62-50(68-32-51-24-13-26-65(51)27-14-25-51)63-47(38)60-36-30-64(31-36)48(67)41-21-11-4-12-28-66(41)52(33-15-5-1-6-16-33,34-17-7-2-8-18-34)35-19-9-3-10-20-35/h1-3,5-10,15-20,22-23,29,36,41H,4,11-14,21,24-28,30-32H2,(H2,59,61)(H,60,62,63). The second kappa shape index (κ2) is 17.9. The van der Waals surface area contributed by atoms with Gasteiger partial charge in [-0.1, -0.05) is 115 Å². The van der Waals surface area contributed by atoms with Crippen molar-refractivity contribution in [1.29, 1.82) is 0 Å². The number of benzene rings is 5. The molecular formula is C53H51F5N8O2S. The molecule has 3 N–H and O–H groups in total. The van der Waals surface area contributed by atoms with Gasteiger partial charge < -0.3 is 20.7 Å². The van der Waals surface area contributed by atoms with Gasteiger partial charge in [0.2, 0.25) is 5.91 Å². The maximum absolute atomic E-state index is 17.3. The summed E-state index contributed by atoms with van der Waals surface area (Å²) in [6.07, 6.45) is 2.11. The molecule has 16 heteroatoms. The molecule has 6 heterocycles. The van der Waals surface area contributed by atoms with E-state index in [1.807, 2.05) is 54.6 Å².